The Hall–Kier alpha value is -2.77. The summed E-state index contributed by atoms with van der Waals surface area (Å²) in [5, 5.41) is 11.7. The number of pyridine rings is 1. The second kappa shape index (κ2) is 8.53. The summed E-state index contributed by atoms with van der Waals surface area (Å²) in [6, 6.07) is 10.4. The fraction of sp³-hybridized carbons (Fsp3) is 0.435. The monoisotopic (exact) mass is 405 g/mol. The highest BCUT2D eigenvalue weighted by Crippen LogP contribution is 2.37. The minimum absolute atomic E-state index is 0.713. The van der Waals surface area contributed by atoms with Gasteiger partial charge < -0.3 is 19.3 Å². The fourth-order valence-electron chi connectivity index (χ4n) is 4.37. The topological polar surface area (TPSA) is 63.6 Å². The molecule has 0 amide bonds. The van der Waals surface area contributed by atoms with E-state index in [1.54, 1.807) is 0 Å². The first-order chi connectivity index (χ1) is 14.9. The van der Waals surface area contributed by atoms with Crippen molar-refractivity contribution in [1.29, 1.82) is 0 Å². The molecular formula is C23H27N5O2. The van der Waals surface area contributed by atoms with Crippen LogP contribution in [0.4, 0.5) is 11.6 Å². The number of nitrogens with zero attached hydrogens (tertiary/aromatic N) is 5. The van der Waals surface area contributed by atoms with E-state index in [2.05, 4.69) is 46.1 Å². The summed E-state index contributed by atoms with van der Waals surface area (Å²) in [6.07, 6.45) is 2.86. The number of hydrogen-bond donors (Lipinski definition) is 0. The van der Waals surface area contributed by atoms with E-state index in [9.17, 15) is 0 Å². The van der Waals surface area contributed by atoms with Crippen molar-refractivity contribution >= 4 is 22.4 Å². The van der Waals surface area contributed by atoms with Gasteiger partial charge in [0.25, 0.3) is 0 Å². The molecule has 2 fully saturated rings. The van der Waals surface area contributed by atoms with E-state index in [-0.39, 0.29) is 0 Å². The van der Waals surface area contributed by atoms with Crippen molar-refractivity contribution in [2.75, 3.05) is 62.4 Å². The van der Waals surface area contributed by atoms with E-state index in [4.69, 9.17) is 19.6 Å². The molecule has 0 saturated carbocycles. The van der Waals surface area contributed by atoms with Crippen LogP contribution in [0.3, 0.4) is 0 Å². The highest BCUT2D eigenvalue weighted by molar-refractivity contribution is 6.03. The van der Waals surface area contributed by atoms with Crippen molar-refractivity contribution in [3.05, 3.63) is 42.1 Å². The zero-order valence-electron chi connectivity index (χ0n) is 17.4. The summed E-state index contributed by atoms with van der Waals surface area (Å²) >= 11 is 0. The molecule has 2 aliphatic rings. The number of aromatic nitrogens is 3. The first-order valence-corrected chi connectivity index (χ1v) is 10.8. The third-order valence-corrected chi connectivity index (χ3v) is 5.91. The number of anilines is 2. The molecule has 2 saturated heterocycles. The number of rotatable bonds is 4. The van der Waals surface area contributed by atoms with Crippen LogP contribution in [0.25, 0.3) is 22.0 Å². The molecule has 0 aliphatic carbocycles. The summed E-state index contributed by atoms with van der Waals surface area (Å²) < 4.78 is 11.1. The molecule has 156 valence electrons. The molecule has 7 nitrogen and oxygen atoms in total. The molecule has 30 heavy (non-hydrogen) atoms. The van der Waals surface area contributed by atoms with Crippen LogP contribution >= 0.6 is 0 Å². The summed E-state index contributed by atoms with van der Waals surface area (Å²) in [7, 11) is 0. The molecule has 0 N–H and O–H groups in total. The zero-order valence-corrected chi connectivity index (χ0v) is 17.4. The average molecular weight is 406 g/mol. The standard InChI is InChI=1S/C23H27N5O2/c1-2-18-20-19(16-24-21(18)17-6-4-3-5-7-17)22(27-8-12-29-13-9-27)25-26-23(20)28-10-14-30-15-11-28/h3-7,16H,2,8-15H2,1H3. The summed E-state index contributed by atoms with van der Waals surface area (Å²) in [5.41, 5.74) is 3.39. The Morgan fingerprint density at radius 2 is 1.43 bits per heavy atom. The Balaban J connectivity index is 1.74. The number of morpholine rings is 2. The lowest BCUT2D eigenvalue weighted by atomic mass is 9.98. The number of hydrogen-bond acceptors (Lipinski definition) is 7. The minimum atomic E-state index is 0.713. The van der Waals surface area contributed by atoms with Crippen LogP contribution < -0.4 is 9.80 Å². The van der Waals surface area contributed by atoms with Gasteiger partial charge in [-0.05, 0) is 12.0 Å². The van der Waals surface area contributed by atoms with Crippen LogP contribution in [0.15, 0.2) is 36.5 Å². The molecule has 0 spiro atoms. The molecule has 4 heterocycles. The Morgan fingerprint density at radius 3 is 2.07 bits per heavy atom. The fourth-order valence-corrected chi connectivity index (χ4v) is 4.37. The molecule has 0 radical (unpaired) electrons. The van der Waals surface area contributed by atoms with Gasteiger partial charge >= 0.3 is 0 Å². The molecule has 3 aromatic rings. The third kappa shape index (κ3) is 3.48. The van der Waals surface area contributed by atoms with Crippen LogP contribution in [-0.2, 0) is 15.9 Å². The Kier molecular flexibility index (Phi) is 5.46. The van der Waals surface area contributed by atoms with Crippen LogP contribution in [0.1, 0.15) is 12.5 Å². The smallest absolute Gasteiger partial charge is 0.161 e. The summed E-state index contributed by atoms with van der Waals surface area (Å²) in [5.74, 6) is 1.86. The highest BCUT2D eigenvalue weighted by atomic mass is 16.5. The van der Waals surface area contributed by atoms with Crippen molar-refractivity contribution in [3.8, 4) is 11.3 Å². The normalized spacial score (nSPS) is 17.5. The van der Waals surface area contributed by atoms with Gasteiger partial charge in [-0.15, -0.1) is 10.2 Å². The molecule has 5 rings (SSSR count). The lowest BCUT2D eigenvalue weighted by Gasteiger charge is -2.32. The highest BCUT2D eigenvalue weighted by Gasteiger charge is 2.25. The lowest BCUT2D eigenvalue weighted by molar-refractivity contribution is 0.122. The van der Waals surface area contributed by atoms with E-state index >= 15 is 0 Å². The van der Waals surface area contributed by atoms with Gasteiger partial charge in [-0.3, -0.25) is 4.98 Å². The first-order valence-electron chi connectivity index (χ1n) is 10.8. The first kappa shape index (κ1) is 19.2. The van der Waals surface area contributed by atoms with Gasteiger partial charge in [0.15, 0.2) is 11.6 Å². The van der Waals surface area contributed by atoms with Gasteiger partial charge in [0, 0.05) is 48.7 Å². The molecule has 0 bridgehead atoms. The van der Waals surface area contributed by atoms with Gasteiger partial charge in [-0.2, -0.15) is 0 Å². The van der Waals surface area contributed by atoms with Crippen LogP contribution in [0.5, 0.6) is 0 Å². The predicted octanol–water partition coefficient (Wildman–Crippen LogP) is 2.93. The van der Waals surface area contributed by atoms with Gasteiger partial charge in [0.05, 0.1) is 32.1 Å². The van der Waals surface area contributed by atoms with Crippen LogP contribution in [0, 0.1) is 0 Å². The van der Waals surface area contributed by atoms with Crippen molar-refractivity contribution in [2.45, 2.75) is 13.3 Å². The largest absolute Gasteiger partial charge is 0.378 e. The van der Waals surface area contributed by atoms with Crippen LogP contribution in [0.2, 0.25) is 0 Å². The maximum absolute atomic E-state index is 5.58. The van der Waals surface area contributed by atoms with Gasteiger partial charge in [-0.1, -0.05) is 37.3 Å². The second-order valence-corrected chi connectivity index (χ2v) is 7.64. The zero-order chi connectivity index (χ0) is 20.3. The Bertz CT molecular complexity index is 1020. The quantitative estimate of drug-likeness (QED) is 0.661. The Morgan fingerprint density at radius 1 is 0.833 bits per heavy atom. The molecule has 2 aliphatic heterocycles. The van der Waals surface area contributed by atoms with Crippen molar-refractivity contribution in [3.63, 3.8) is 0 Å². The van der Waals surface area contributed by atoms with Crippen molar-refractivity contribution in [2.24, 2.45) is 0 Å². The summed E-state index contributed by atoms with van der Waals surface area (Å²) in [4.78, 5) is 9.49. The van der Waals surface area contributed by atoms with Crippen LogP contribution in [-0.4, -0.2) is 67.8 Å². The van der Waals surface area contributed by atoms with E-state index in [0.717, 1.165) is 60.9 Å². The maximum atomic E-state index is 5.58. The molecule has 0 unspecified atom stereocenters. The Labute approximate surface area is 176 Å². The second-order valence-electron chi connectivity index (χ2n) is 7.64. The van der Waals surface area contributed by atoms with Gasteiger partial charge in [0.1, 0.15) is 0 Å². The van der Waals surface area contributed by atoms with Gasteiger partial charge in [-0.25, -0.2) is 0 Å². The maximum Gasteiger partial charge on any atom is 0.161 e. The van der Waals surface area contributed by atoms with E-state index in [0.29, 0.717) is 26.4 Å². The number of fused-ring (bicyclic) bond motifs is 1. The van der Waals surface area contributed by atoms with E-state index in [1.807, 2.05) is 12.3 Å². The SMILES string of the molecule is CCc1c(-c2ccccc2)ncc2c(N3CCOCC3)nnc(N3CCOCC3)c12. The summed E-state index contributed by atoms with van der Waals surface area (Å²) in [6.45, 7) is 8.35. The van der Waals surface area contributed by atoms with Gasteiger partial charge in [0.2, 0.25) is 0 Å². The van der Waals surface area contributed by atoms with Crippen molar-refractivity contribution < 1.29 is 9.47 Å². The number of aryl methyl sites for hydroxylation is 1. The number of benzene rings is 1. The molecule has 2 aromatic heterocycles. The average Bonchev–Trinajstić information content (AvgIpc) is 2.84. The molecule has 7 heteroatoms. The molecule has 1 aromatic carbocycles. The predicted molar refractivity (Wildman–Crippen MR) is 118 cm³/mol. The lowest BCUT2D eigenvalue weighted by Crippen LogP contribution is -2.38. The molecule has 0 atom stereocenters. The van der Waals surface area contributed by atoms with E-state index < -0.39 is 0 Å². The number of ether oxygens (including phenoxy) is 2. The van der Waals surface area contributed by atoms with E-state index in [1.165, 1.54) is 10.9 Å². The molecular weight excluding hydrogens is 378 g/mol. The van der Waals surface area contributed by atoms with Crippen molar-refractivity contribution in [1.82, 2.24) is 15.2 Å². The third-order valence-electron chi connectivity index (χ3n) is 5.91. The minimum Gasteiger partial charge on any atom is -0.378 e.